The Bertz CT molecular complexity index is 898. The normalized spacial score (nSPS) is 10.8. The van der Waals surface area contributed by atoms with Crippen molar-refractivity contribution in [2.45, 2.75) is 33.6 Å². The molecule has 0 spiro atoms. The molecule has 0 unspecified atom stereocenters. The number of hydrogen-bond acceptors (Lipinski definition) is 3. The number of ether oxygens (including phenoxy) is 1. The summed E-state index contributed by atoms with van der Waals surface area (Å²) < 4.78 is 5.46. The lowest BCUT2D eigenvalue weighted by Gasteiger charge is -2.11. The molecule has 128 valence electrons. The summed E-state index contributed by atoms with van der Waals surface area (Å²) in [5.74, 6) is -0.278. The van der Waals surface area contributed by atoms with Gasteiger partial charge in [-0.25, -0.2) is 9.78 Å². The monoisotopic (exact) mass is 333 g/mol. The van der Waals surface area contributed by atoms with Crippen LogP contribution < -0.4 is 0 Å². The van der Waals surface area contributed by atoms with Gasteiger partial charge < -0.3 is 4.74 Å². The number of hydrogen-bond donors (Lipinski definition) is 0. The molecular formula is C22H23NO2. The van der Waals surface area contributed by atoms with Gasteiger partial charge in [0.15, 0.2) is 0 Å². The standard InChI is InChI=1S/C22H23NO2/c1-4-5-13-25-22(24)19-14-20(17-11-9-15(2)10-12-17)23-21-16(3)7-6-8-18(19)21/h6-12,14H,4-5,13H2,1-3H3. The van der Waals surface area contributed by atoms with Crippen LogP contribution in [0.1, 0.15) is 41.3 Å². The van der Waals surface area contributed by atoms with E-state index in [0.717, 1.165) is 40.6 Å². The van der Waals surface area contributed by atoms with E-state index in [1.54, 1.807) is 0 Å². The molecule has 0 aliphatic rings. The van der Waals surface area contributed by atoms with Crippen LogP contribution in [0.2, 0.25) is 0 Å². The summed E-state index contributed by atoms with van der Waals surface area (Å²) in [6, 6.07) is 15.9. The van der Waals surface area contributed by atoms with Gasteiger partial charge in [-0.3, -0.25) is 0 Å². The predicted octanol–water partition coefficient (Wildman–Crippen LogP) is 5.48. The van der Waals surface area contributed by atoms with E-state index in [1.165, 1.54) is 5.56 Å². The average molecular weight is 333 g/mol. The zero-order chi connectivity index (χ0) is 17.8. The molecule has 1 aromatic heterocycles. The van der Waals surface area contributed by atoms with Crippen molar-refractivity contribution in [1.82, 2.24) is 4.98 Å². The lowest BCUT2D eigenvalue weighted by Crippen LogP contribution is -2.08. The number of nitrogens with zero attached hydrogens (tertiary/aromatic N) is 1. The van der Waals surface area contributed by atoms with Crippen molar-refractivity contribution >= 4 is 16.9 Å². The quantitative estimate of drug-likeness (QED) is 0.459. The molecule has 2 aromatic carbocycles. The molecule has 0 saturated carbocycles. The Hall–Kier alpha value is -2.68. The molecule has 0 bridgehead atoms. The first kappa shape index (κ1) is 17.2. The number of rotatable bonds is 5. The van der Waals surface area contributed by atoms with Gasteiger partial charge in [0.2, 0.25) is 0 Å². The largest absolute Gasteiger partial charge is 0.462 e. The van der Waals surface area contributed by atoms with Crippen molar-refractivity contribution in [3.8, 4) is 11.3 Å². The SMILES string of the molecule is CCCCOC(=O)c1cc(-c2ccc(C)cc2)nc2c(C)cccc12. The first-order valence-electron chi connectivity index (χ1n) is 8.74. The molecule has 1 heterocycles. The molecule has 3 aromatic rings. The van der Waals surface area contributed by atoms with Gasteiger partial charge in [0.1, 0.15) is 0 Å². The molecule has 25 heavy (non-hydrogen) atoms. The number of aromatic nitrogens is 1. The zero-order valence-electron chi connectivity index (χ0n) is 15.0. The topological polar surface area (TPSA) is 39.2 Å². The fourth-order valence-corrected chi connectivity index (χ4v) is 2.82. The Kier molecular flexibility index (Phi) is 5.13. The third-order valence-electron chi connectivity index (χ3n) is 4.34. The van der Waals surface area contributed by atoms with Crippen LogP contribution in [0.5, 0.6) is 0 Å². The minimum absolute atomic E-state index is 0.278. The van der Waals surface area contributed by atoms with Crippen molar-refractivity contribution in [1.29, 1.82) is 0 Å². The highest BCUT2D eigenvalue weighted by atomic mass is 16.5. The number of carbonyl (C=O) groups is 1. The second-order valence-corrected chi connectivity index (χ2v) is 6.38. The van der Waals surface area contributed by atoms with E-state index in [1.807, 2.05) is 43.3 Å². The van der Waals surface area contributed by atoms with Crippen LogP contribution in [0.4, 0.5) is 0 Å². The summed E-state index contributed by atoms with van der Waals surface area (Å²) in [6.45, 7) is 6.60. The molecule has 0 amide bonds. The van der Waals surface area contributed by atoms with Gasteiger partial charge in [0, 0.05) is 10.9 Å². The highest BCUT2D eigenvalue weighted by molar-refractivity contribution is 6.05. The molecule has 0 N–H and O–H groups in total. The zero-order valence-corrected chi connectivity index (χ0v) is 15.0. The molecule has 0 radical (unpaired) electrons. The average Bonchev–Trinajstić information content (AvgIpc) is 2.62. The summed E-state index contributed by atoms with van der Waals surface area (Å²) in [5.41, 5.74) is 5.47. The maximum absolute atomic E-state index is 12.6. The maximum Gasteiger partial charge on any atom is 0.338 e. The first-order valence-corrected chi connectivity index (χ1v) is 8.74. The minimum Gasteiger partial charge on any atom is -0.462 e. The Morgan fingerprint density at radius 1 is 1.08 bits per heavy atom. The number of benzene rings is 2. The molecule has 0 aliphatic carbocycles. The second kappa shape index (κ2) is 7.47. The third-order valence-corrected chi connectivity index (χ3v) is 4.34. The molecule has 3 nitrogen and oxygen atoms in total. The molecule has 3 heteroatoms. The molecule has 0 saturated heterocycles. The van der Waals surface area contributed by atoms with Crippen LogP contribution in [0, 0.1) is 13.8 Å². The fraction of sp³-hybridized carbons (Fsp3) is 0.273. The first-order chi connectivity index (χ1) is 12.1. The van der Waals surface area contributed by atoms with Gasteiger partial charge in [-0.2, -0.15) is 0 Å². The number of pyridine rings is 1. The van der Waals surface area contributed by atoms with Gasteiger partial charge in [0.25, 0.3) is 0 Å². The highest BCUT2D eigenvalue weighted by Gasteiger charge is 2.16. The van der Waals surface area contributed by atoms with E-state index < -0.39 is 0 Å². The lowest BCUT2D eigenvalue weighted by molar-refractivity contribution is 0.0502. The number of para-hydroxylation sites is 1. The fourth-order valence-electron chi connectivity index (χ4n) is 2.82. The van der Waals surface area contributed by atoms with Gasteiger partial charge in [-0.05, 0) is 31.9 Å². The molecule has 3 rings (SSSR count). The smallest absolute Gasteiger partial charge is 0.338 e. The summed E-state index contributed by atoms with van der Waals surface area (Å²) in [6.07, 6.45) is 1.87. The summed E-state index contributed by atoms with van der Waals surface area (Å²) in [4.78, 5) is 17.4. The Morgan fingerprint density at radius 3 is 2.56 bits per heavy atom. The van der Waals surface area contributed by atoms with Crippen molar-refractivity contribution in [3.05, 3.63) is 65.2 Å². The van der Waals surface area contributed by atoms with E-state index in [0.29, 0.717) is 12.2 Å². The van der Waals surface area contributed by atoms with Crippen molar-refractivity contribution in [2.75, 3.05) is 6.61 Å². The van der Waals surface area contributed by atoms with E-state index in [-0.39, 0.29) is 5.97 Å². The number of carbonyl (C=O) groups excluding carboxylic acids is 1. The van der Waals surface area contributed by atoms with Gasteiger partial charge in [-0.1, -0.05) is 61.4 Å². The number of unbranched alkanes of at least 4 members (excludes halogenated alkanes) is 1. The van der Waals surface area contributed by atoms with E-state index in [2.05, 4.69) is 26.0 Å². The summed E-state index contributed by atoms with van der Waals surface area (Å²) in [5, 5.41) is 0.845. The van der Waals surface area contributed by atoms with Gasteiger partial charge >= 0.3 is 5.97 Å². The summed E-state index contributed by atoms with van der Waals surface area (Å²) in [7, 11) is 0. The van der Waals surface area contributed by atoms with Crippen molar-refractivity contribution in [2.24, 2.45) is 0 Å². The highest BCUT2D eigenvalue weighted by Crippen LogP contribution is 2.27. The molecular weight excluding hydrogens is 310 g/mol. The Balaban J connectivity index is 2.12. The number of aryl methyl sites for hydroxylation is 2. The van der Waals surface area contributed by atoms with E-state index >= 15 is 0 Å². The van der Waals surface area contributed by atoms with Crippen LogP contribution in [0.3, 0.4) is 0 Å². The lowest BCUT2D eigenvalue weighted by atomic mass is 10.0. The molecule has 0 aliphatic heterocycles. The van der Waals surface area contributed by atoms with E-state index in [4.69, 9.17) is 9.72 Å². The van der Waals surface area contributed by atoms with Crippen molar-refractivity contribution < 1.29 is 9.53 Å². The summed E-state index contributed by atoms with van der Waals surface area (Å²) >= 11 is 0. The van der Waals surface area contributed by atoms with Gasteiger partial charge in [-0.15, -0.1) is 0 Å². The molecule has 0 fully saturated rings. The second-order valence-electron chi connectivity index (χ2n) is 6.38. The Morgan fingerprint density at radius 2 is 1.84 bits per heavy atom. The number of esters is 1. The Labute approximate surface area is 148 Å². The van der Waals surface area contributed by atoms with Crippen molar-refractivity contribution in [3.63, 3.8) is 0 Å². The predicted molar refractivity (Wildman–Crippen MR) is 102 cm³/mol. The van der Waals surface area contributed by atoms with E-state index in [9.17, 15) is 4.79 Å². The van der Waals surface area contributed by atoms with Crippen LogP contribution in [-0.4, -0.2) is 17.6 Å². The molecule has 0 atom stereocenters. The number of fused-ring (bicyclic) bond motifs is 1. The van der Waals surface area contributed by atoms with Crippen LogP contribution >= 0.6 is 0 Å². The van der Waals surface area contributed by atoms with Crippen LogP contribution in [-0.2, 0) is 4.74 Å². The third kappa shape index (κ3) is 3.71. The minimum atomic E-state index is -0.278. The van der Waals surface area contributed by atoms with Crippen LogP contribution in [0.15, 0.2) is 48.5 Å². The van der Waals surface area contributed by atoms with Gasteiger partial charge in [0.05, 0.1) is 23.4 Å². The maximum atomic E-state index is 12.6. The van der Waals surface area contributed by atoms with Crippen LogP contribution in [0.25, 0.3) is 22.2 Å².